The molecular formula is C24H34N6O2S. The molecule has 2 amide bonds. The number of nitrogens with two attached hydrogens (primary N) is 2. The highest BCUT2D eigenvalue weighted by atomic mass is 32.2. The summed E-state index contributed by atoms with van der Waals surface area (Å²) in [5, 5.41) is 14.6. The van der Waals surface area contributed by atoms with Gasteiger partial charge in [0, 0.05) is 30.8 Å². The number of allylic oxidation sites excluding steroid dienone is 1. The van der Waals surface area contributed by atoms with Crippen LogP contribution in [0.15, 0.2) is 47.0 Å². The van der Waals surface area contributed by atoms with Crippen LogP contribution in [0.1, 0.15) is 36.1 Å². The number of hydrogen-bond acceptors (Lipinski definition) is 7. The Hall–Kier alpha value is -3.01. The zero-order valence-electron chi connectivity index (χ0n) is 20.2. The first kappa shape index (κ1) is 26.2. The normalized spacial score (nSPS) is 11.5. The molecule has 6 N–H and O–H groups in total. The zero-order valence-corrected chi connectivity index (χ0v) is 21.0. The molecule has 0 saturated heterocycles. The topological polar surface area (TPSA) is 121 Å². The number of aryl methyl sites for hydroxylation is 2. The van der Waals surface area contributed by atoms with E-state index in [-0.39, 0.29) is 6.61 Å². The number of carbonyl (C=O) groups excluding carboxylic acids is 1. The Labute approximate surface area is 200 Å². The molecule has 0 aliphatic carbocycles. The quantitative estimate of drug-likeness (QED) is 0.191. The smallest absolute Gasteiger partial charge is 0.352 e. The van der Waals surface area contributed by atoms with Crippen LogP contribution in [-0.2, 0) is 13.0 Å². The van der Waals surface area contributed by atoms with Crippen LogP contribution >= 0.6 is 11.8 Å². The van der Waals surface area contributed by atoms with Crippen molar-refractivity contribution in [1.82, 2.24) is 10.3 Å². The molecule has 33 heavy (non-hydrogen) atoms. The molecule has 0 spiro atoms. The first-order valence-electron chi connectivity index (χ1n) is 10.6. The molecule has 0 aromatic heterocycles. The summed E-state index contributed by atoms with van der Waals surface area (Å²) in [6.07, 6.45) is 2.74. The summed E-state index contributed by atoms with van der Waals surface area (Å²) < 4.78 is 6.14. The molecular weight excluding hydrogens is 436 g/mol. The molecule has 2 aromatic carbocycles. The molecule has 0 heterocycles. The van der Waals surface area contributed by atoms with Gasteiger partial charge >= 0.3 is 6.03 Å². The number of anilines is 1. The maximum absolute atomic E-state index is 12.3. The molecule has 0 bridgehead atoms. The third kappa shape index (κ3) is 6.07. The Kier molecular flexibility index (Phi) is 9.33. The van der Waals surface area contributed by atoms with E-state index in [0.29, 0.717) is 17.1 Å². The maximum Gasteiger partial charge on any atom is 0.352 e. The van der Waals surface area contributed by atoms with Crippen LogP contribution in [0.3, 0.4) is 0 Å². The fourth-order valence-corrected chi connectivity index (χ4v) is 4.12. The molecule has 2 aromatic rings. The minimum atomic E-state index is -0.529. The molecule has 0 aliphatic heterocycles. The van der Waals surface area contributed by atoms with E-state index in [0.717, 1.165) is 49.3 Å². The minimum absolute atomic E-state index is 0.238. The van der Waals surface area contributed by atoms with Crippen LogP contribution in [0.5, 0.6) is 5.75 Å². The van der Waals surface area contributed by atoms with Gasteiger partial charge in [-0.25, -0.2) is 21.5 Å². The van der Waals surface area contributed by atoms with Crippen molar-refractivity contribution in [1.29, 1.82) is 5.41 Å². The van der Waals surface area contributed by atoms with Crippen LogP contribution < -0.4 is 26.7 Å². The van der Waals surface area contributed by atoms with Gasteiger partial charge in [0.15, 0.2) is 0 Å². The molecule has 9 heteroatoms. The number of thioether (sulfide) groups is 1. The summed E-state index contributed by atoms with van der Waals surface area (Å²) in [7, 11) is 3.30. The fraction of sp³-hybridized carbons (Fsp3) is 0.333. The monoisotopic (exact) mass is 470 g/mol. The largest absolute Gasteiger partial charge is 0.489 e. The van der Waals surface area contributed by atoms with Gasteiger partial charge in [-0.05, 0) is 61.9 Å². The van der Waals surface area contributed by atoms with Gasteiger partial charge in [0.05, 0.1) is 16.4 Å². The fourth-order valence-electron chi connectivity index (χ4n) is 3.51. The Morgan fingerprint density at radius 3 is 2.48 bits per heavy atom. The van der Waals surface area contributed by atoms with Crippen molar-refractivity contribution >= 4 is 29.2 Å². The lowest BCUT2D eigenvalue weighted by Gasteiger charge is -2.24. The molecule has 8 nitrogen and oxygen atoms in total. The second kappa shape index (κ2) is 11.7. The summed E-state index contributed by atoms with van der Waals surface area (Å²) in [5.41, 5.74) is 5.49. The van der Waals surface area contributed by atoms with Crippen LogP contribution in [0.4, 0.5) is 10.5 Å². The number of hydrazine groups is 2. The molecule has 0 fully saturated rings. The van der Waals surface area contributed by atoms with Crippen LogP contribution in [-0.4, -0.2) is 37.1 Å². The van der Waals surface area contributed by atoms with Crippen molar-refractivity contribution in [3.63, 3.8) is 0 Å². The van der Waals surface area contributed by atoms with E-state index in [9.17, 15) is 4.79 Å². The van der Waals surface area contributed by atoms with E-state index in [1.807, 2.05) is 64.4 Å². The Balaban J connectivity index is 2.31. The lowest BCUT2D eigenvalue weighted by Crippen LogP contribution is -2.49. The average molecular weight is 471 g/mol. The Morgan fingerprint density at radius 1 is 1.24 bits per heavy atom. The Morgan fingerprint density at radius 2 is 1.94 bits per heavy atom. The van der Waals surface area contributed by atoms with E-state index >= 15 is 0 Å². The number of urea groups is 1. The van der Waals surface area contributed by atoms with E-state index in [2.05, 4.69) is 5.32 Å². The number of rotatable bonds is 9. The van der Waals surface area contributed by atoms with E-state index < -0.39 is 6.03 Å². The molecule has 178 valence electrons. The summed E-state index contributed by atoms with van der Waals surface area (Å²) >= 11 is 1.58. The van der Waals surface area contributed by atoms with Crippen molar-refractivity contribution in [3.8, 4) is 5.75 Å². The molecule has 0 unspecified atom stereocenters. The number of nitrogens with one attached hydrogen (secondary N) is 2. The van der Waals surface area contributed by atoms with E-state index in [1.54, 1.807) is 17.8 Å². The van der Waals surface area contributed by atoms with Crippen molar-refractivity contribution in [3.05, 3.63) is 69.3 Å². The maximum atomic E-state index is 12.3. The second-order valence-corrected chi connectivity index (χ2v) is 8.40. The van der Waals surface area contributed by atoms with Gasteiger partial charge in [0.1, 0.15) is 12.4 Å². The predicted octanol–water partition coefficient (Wildman–Crippen LogP) is 3.92. The Bertz CT molecular complexity index is 1050. The third-order valence-corrected chi connectivity index (χ3v) is 6.30. The first-order chi connectivity index (χ1) is 15.7. The van der Waals surface area contributed by atoms with Crippen LogP contribution in [0, 0.1) is 12.3 Å². The lowest BCUT2D eigenvalue weighted by molar-refractivity contribution is 0.216. The standard InChI is InChI=1S/C24H34N6O2S/c1-7-17-9-8-10-20(30(27)24(31)29(5)26)19(17)14-32-21-12-11-18(13-15(21)2)22(25)16(3)23(28-4)33-6/h8-13,25,28H,7,14,26-27H2,1-6H3/b23-16+,25-22?. The summed E-state index contributed by atoms with van der Waals surface area (Å²) in [5.74, 6) is 12.3. The first-order valence-corrected chi connectivity index (χ1v) is 11.8. The molecule has 2 rings (SSSR count). The zero-order chi connectivity index (χ0) is 24.7. The van der Waals surface area contributed by atoms with Gasteiger partial charge in [0.2, 0.25) is 0 Å². The van der Waals surface area contributed by atoms with Crippen LogP contribution in [0.2, 0.25) is 0 Å². The summed E-state index contributed by atoms with van der Waals surface area (Å²) in [4.78, 5) is 12.3. The van der Waals surface area contributed by atoms with Crippen molar-refractivity contribution in [2.45, 2.75) is 33.8 Å². The number of nitrogens with zero attached hydrogens (tertiary/aromatic N) is 2. The molecule has 0 saturated carbocycles. The van der Waals surface area contributed by atoms with Gasteiger partial charge < -0.3 is 10.1 Å². The lowest BCUT2D eigenvalue weighted by atomic mass is 10.0. The highest BCUT2D eigenvalue weighted by Crippen LogP contribution is 2.28. The molecule has 0 radical (unpaired) electrons. The van der Waals surface area contributed by atoms with E-state index in [4.69, 9.17) is 21.8 Å². The van der Waals surface area contributed by atoms with Crippen molar-refractivity contribution in [2.24, 2.45) is 11.7 Å². The van der Waals surface area contributed by atoms with Gasteiger partial charge in [-0.15, -0.1) is 11.8 Å². The molecule has 0 atom stereocenters. The number of amides is 2. The van der Waals surface area contributed by atoms with Gasteiger partial charge in [0.25, 0.3) is 0 Å². The highest BCUT2D eigenvalue weighted by molar-refractivity contribution is 8.02. The SMILES string of the molecule is CCc1cccc(N(N)C(=O)N(C)N)c1COc1ccc(C(=N)/C(C)=C(\NC)SC)cc1C. The summed E-state index contributed by atoms with van der Waals surface area (Å²) in [6, 6.07) is 10.8. The number of carbonyl (C=O) groups is 1. The highest BCUT2D eigenvalue weighted by Gasteiger charge is 2.20. The third-order valence-electron chi connectivity index (χ3n) is 5.38. The number of ether oxygens (including phenoxy) is 1. The number of benzene rings is 2. The average Bonchev–Trinajstić information content (AvgIpc) is 2.82. The number of hydrogen-bond donors (Lipinski definition) is 4. The van der Waals surface area contributed by atoms with Gasteiger partial charge in [-0.3, -0.25) is 10.4 Å². The predicted molar refractivity (Wildman–Crippen MR) is 137 cm³/mol. The van der Waals surface area contributed by atoms with Gasteiger partial charge in [-0.1, -0.05) is 19.1 Å². The minimum Gasteiger partial charge on any atom is -0.489 e. The summed E-state index contributed by atoms with van der Waals surface area (Å²) in [6.45, 7) is 6.16. The van der Waals surface area contributed by atoms with Gasteiger partial charge in [-0.2, -0.15) is 0 Å². The van der Waals surface area contributed by atoms with Crippen molar-refractivity contribution < 1.29 is 9.53 Å². The molecule has 0 aliphatic rings. The van der Waals surface area contributed by atoms with Crippen LogP contribution in [0.25, 0.3) is 0 Å². The van der Waals surface area contributed by atoms with Crippen molar-refractivity contribution in [2.75, 3.05) is 25.4 Å². The van der Waals surface area contributed by atoms with E-state index in [1.165, 1.54) is 7.05 Å². The second-order valence-electron chi connectivity index (χ2n) is 7.58.